The van der Waals surface area contributed by atoms with Crippen LogP contribution in [0.2, 0.25) is 0 Å². The molecule has 0 fully saturated rings. The molecule has 0 atom stereocenters. The molecule has 1 aromatic rings. The summed E-state index contributed by atoms with van der Waals surface area (Å²) >= 11 is 0. The molecule has 0 amide bonds. The fraction of sp³-hybridized carbons (Fsp3) is 0. The van der Waals surface area contributed by atoms with Crippen molar-refractivity contribution in [3.05, 3.63) is 23.3 Å². The van der Waals surface area contributed by atoms with E-state index in [2.05, 4.69) is 0 Å². The van der Waals surface area contributed by atoms with Crippen LogP contribution in [-0.4, -0.2) is 15.3 Å². The summed E-state index contributed by atoms with van der Waals surface area (Å²) < 4.78 is 0. The van der Waals surface area contributed by atoms with Crippen LogP contribution in [0.25, 0.3) is 6.08 Å². The molecule has 15 heavy (non-hydrogen) atoms. The minimum Gasteiger partial charge on any atom is -0.504 e. The van der Waals surface area contributed by atoms with Crippen molar-refractivity contribution in [3.8, 4) is 29.4 Å². The number of benzene rings is 1. The number of nitriles is 2. The molecule has 1 aromatic carbocycles. The number of phenolic OH excluding ortho intramolecular Hbond substituents is 3. The molecule has 5 heteroatoms. The summed E-state index contributed by atoms with van der Waals surface area (Å²) in [7, 11) is 0. The molecule has 3 N–H and O–H groups in total. The fourth-order valence-corrected chi connectivity index (χ4v) is 0.946. The first-order chi connectivity index (χ1) is 7.10. The van der Waals surface area contributed by atoms with Crippen molar-refractivity contribution in [2.75, 3.05) is 0 Å². The van der Waals surface area contributed by atoms with Crippen molar-refractivity contribution in [2.45, 2.75) is 0 Å². The summed E-state index contributed by atoms with van der Waals surface area (Å²) in [6.07, 6.45) is 1.11. The highest BCUT2D eigenvalue weighted by molar-refractivity contribution is 5.70. The molecule has 0 aliphatic heterocycles. The molecule has 5 nitrogen and oxygen atoms in total. The molecule has 0 saturated heterocycles. The molecule has 0 spiro atoms. The Hall–Kier alpha value is -2.66. The van der Waals surface area contributed by atoms with E-state index in [4.69, 9.17) is 20.7 Å². The third-order valence-corrected chi connectivity index (χ3v) is 1.70. The van der Waals surface area contributed by atoms with Gasteiger partial charge in [0.1, 0.15) is 17.7 Å². The van der Waals surface area contributed by atoms with Crippen LogP contribution >= 0.6 is 0 Å². The Labute approximate surface area is 85.4 Å². The average molecular weight is 202 g/mol. The van der Waals surface area contributed by atoms with E-state index in [1.807, 2.05) is 0 Å². The van der Waals surface area contributed by atoms with Gasteiger partial charge in [0, 0.05) is 5.56 Å². The van der Waals surface area contributed by atoms with Gasteiger partial charge in [-0.2, -0.15) is 10.5 Å². The minimum atomic E-state index is -0.682. The van der Waals surface area contributed by atoms with Gasteiger partial charge in [-0.05, 0) is 18.2 Å². The van der Waals surface area contributed by atoms with Gasteiger partial charge in [0.2, 0.25) is 5.75 Å². The number of hydrogen-bond acceptors (Lipinski definition) is 5. The number of aromatic hydroxyl groups is 3. The first-order valence-electron chi connectivity index (χ1n) is 3.86. The normalized spacial score (nSPS) is 8.67. The van der Waals surface area contributed by atoms with Gasteiger partial charge in [0.25, 0.3) is 0 Å². The predicted molar refractivity (Wildman–Crippen MR) is 50.6 cm³/mol. The van der Waals surface area contributed by atoms with Crippen molar-refractivity contribution in [1.82, 2.24) is 0 Å². The van der Waals surface area contributed by atoms with Gasteiger partial charge in [-0.1, -0.05) is 0 Å². The van der Waals surface area contributed by atoms with Crippen LogP contribution in [0.4, 0.5) is 0 Å². The van der Waals surface area contributed by atoms with Crippen LogP contribution in [0.5, 0.6) is 17.2 Å². The van der Waals surface area contributed by atoms with E-state index in [0.29, 0.717) is 0 Å². The van der Waals surface area contributed by atoms with E-state index in [1.165, 1.54) is 6.07 Å². The monoisotopic (exact) mass is 202 g/mol. The molecule has 0 aliphatic carbocycles. The lowest BCUT2D eigenvalue weighted by Crippen LogP contribution is -1.79. The Morgan fingerprint density at radius 1 is 1.07 bits per heavy atom. The SMILES string of the molecule is N#CC(C#N)=Cc1ccc(O)c(O)c1O. The van der Waals surface area contributed by atoms with Gasteiger partial charge < -0.3 is 15.3 Å². The molecular formula is C10H6N2O3. The number of allylic oxidation sites excluding steroid dienone is 1. The highest BCUT2D eigenvalue weighted by atomic mass is 16.3. The zero-order chi connectivity index (χ0) is 11.4. The van der Waals surface area contributed by atoms with Crippen LogP contribution in [0, 0.1) is 22.7 Å². The number of nitrogens with zero attached hydrogens (tertiary/aromatic N) is 2. The highest BCUT2D eigenvalue weighted by Crippen LogP contribution is 2.37. The third kappa shape index (κ3) is 1.98. The van der Waals surface area contributed by atoms with Gasteiger partial charge in [-0.25, -0.2) is 0 Å². The molecule has 0 heterocycles. The quantitative estimate of drug-likeness (QED) is 0.468. The Morgan fingerprint density at radius 3 is 2.20 bits per heavy atom. The minimum absolute atomic E-state index is 0.0865. The van der Waals surface area contributed by atoms with E-state index in [1.54, 1.807) is 12.1 Å². The largest absolute Gasteiger partial charge is 0.504 e. The molecule has 0 unspecified atom stereocenters. The number of hydrogen-bond donors (Lipinski definition) is 3. The number of phenols is 3. The molecule has 0 aliphatic rings. The predicted octanol–water partition coefficient (Wildman–Crippen LogP) is 1.23. The summed E-state index contributed by atoms with van der Waals surface area (Å²) in [4.78, 5) is 0. The van der Waals surface area contributed by atoms with Gasteiger partial charge >= 0.3 is 0 Å². The standard InChI is InChI=1S/C10H6N2O3/c11-4-6(5-12)3-7-1-2-8(13)10(15)9(7)14/h1-3,13-15H. The van der Waals surface area contributed by atoms with Crippen LogP contribution in [0.1, 0.15) is 5.56 Å². The molecule has 0 aromatic heterocycles. The summed E-state index contributed by atoms with van der Waals surface area (Å²) in [5.74, 6) is -1.72. The summed E-state index contributed by atoms with van der Waals surface area (Å²) in [5, 5.41) is 44.4. The summed E-state index contributed by atoms with van der Waals surface area (Å²) in [6, 6.07) is 5.64. The number of rotatable bonds is 1. The van der Waals surface area contributed by atoms with Crippen molar-refractivity contribution in [1.29, 1.82) is 10.5 Å². The van der Waals surface area contributed by atoms with E-state index in [-0.39, 0.29) is 11.1 Å². The van der Waals surface area contributed by atoms with Crippen molar-refractivity contribution >= 4 is 6.08 Å². The second-order valence-corrected chi connectivity index (χ2v) is 2.65. The zero-order valence-corrected chi connectivity index (χ0v) is 7.47. The lowest BCUT2D eigenvalue weighted by Gasteiger charge is -2.03. The summed E-state index contributed by atoms with van der Waals surface area (Å²) in [5.41, 5.74) is -0.126. The second-order valence-electron chi connectivity index (χ2n) is 2.65. The van der Waals surface area contributed by atoms with Gasteiger partial charge in [0.15, 0.2) is 11.5 Å². The van der Waals surface area contributed by atoms with Crippen LogP contribution in [-0.2, 0) is 0 Å². The van der Waals surface area contributed by atoms with E-state index >= 15 is 0 Å². The van der Waals surface area contributed by atoms with E-state index < -0.39 is 17.2 Å². The summed E-state index contributed by atoms with van der Waals surface area (Å²) in [6.45, 7) is 0. The maximum Gasteiger partial charge on any atom is 0.200 e. The van der Waals surface area contributed by atoms with Gasteiger partial charge in [0.05, 0.1) is 0 Å². The van der Waals surface area contributed by atoms with Gasteiger partial charge in [-0.15, -0.1) is 0 Å². The lowest BCUT2D eigenvalue weighted by molar-refractivity contribution is 0.367. The first kappa shape index (κ1) is 10.4. The van der Waals surface area contributed by atoms with E-state index in [0.717, 1.165) is 12.1 Å². The lowest BCUT2D eigenvalue weighted by atomic mass is 10.1. The van der Waals surface area contributed by atoms with Crippen molar-refractivity contribution < 1.29 is 15.3 Å². The van der Waals surface area contributed by atoms with Crippen molar-refractivity contribution in [2.24, 2.45) is 0 Å². The molecule has 0 saturated carbocycles. The third-order valence-electron chi connectivity index (χ3n) is 1.70. The smallest absolute Gasteiger partial charge is 0.200 e. The van der Waals surface area contributed by atoms with Crippen LogP contribution in [0.3, 0.4) is 0 Å². The first-order valence-corrected chi connectivity index (χ1v) is 3.86. The van der Waals surface area contributed by atoms with Crippen LogP contribution in [0.15, 0.2) is 17.7 Å². The Kier molecular flexibility index (Phi) is 2.80. The molecule has 0 bridgehead atoms. The highest BCUT2D eigenvalue weighted by Gasteiger charge is 2.09. The molecule has 1 rings (SSSR count). The maximum atomic E-state index is 9.34. The fourth-order valence-electron chi connectivity index (χ4n) is 0.946. The average Bonchev–Trinajstić information content (AvgIpc) is 2.25. The Balaban J connectivity index is 3.32. The second kappa shape index (κ2) is 4.03. The molecule has 74 valence electrons. The van der Waals surface area contributed by atoms with Crippen LogP contribution < -0.4 is 0 Å². The van der Waals surface area contributed by atoms with E-state index in [9.17, 15) is 5.11 Å². The molecule has 0 radical (unpaired) electrons. The Morgan fingerprint density at radius 2 is 1.67 bits per heavy atom. The van der Waals surface area contributed by atoms with Gasteiger partial charge in [-0.3, -0.25) is 0 Å². The Bertz CT molecular complexity index is 491. The topological polar surface area (TPSA) is 108 Å². The zero-order valence-electron chi connectivity index (χ0n) is 7.47. The van der Waals surface area contributed by atoms with Crippen molar-refractivity contribution in [3.63, 3.8) is 0 Å². The molecular weight excluding hydrogens is 196 g/mol. The maximum absolute atomic E-state index is 9.34.